The summed E-state index contributed by atoms with van der Waals surface area (Å²) < 4.78 is 3.06. The molecule has 0 radical (unpaired) electrons. The van der Waals surface area contributed by atoms with Crippen LogP contribution in [0.2, 0.25) is 0 Å². The van der Waals surface area contributed by atoms with Crippen molar-refractivity contribution in [3.63, 3.8) is 0 Å². The highest BCUT2D eigenvalue weighted by atomic mass is 16.3. The quantitative estimate of drug-likeness (QED) is 0.907. The van der Waals surface area contributed by atoms with Gasteiger partial charge in [-0.3, -0.25) is 4.57 Å². The van der Waals surface area contributed by atoms with E-state index in [4.69, 9.17) is 5.11 Å². The van der Waals surface area contributed by atoms with E-state index in [-0.39, 0.29) is 17.8 Å². The summed E-state index contributed by atoms with van der Waals surface area (Å²) in [4.78, 5) is 12.2. The molecule has 1 aromatic heterocycles. The largest absolute Gasteiger partial charge is 0.392 e. The van der Waals surface area contributed by atoms with Crippen LogP contribution in [0, 0.1) is 0 Å². The average molecular weight is 261 g/mol. The van der Waals surface area contributed by atoms with E-state index in [2.05, 4.69) is 5.10 Å². The van der Waals surface area contributed by atoms with Gasteiger partial charge in [0.2, 0.25) is 0 Å². The molecule has 0 atom stereocenters. The highest BCUT2D eigenvalue weighted by Gasteiger charge is 2.18. The molecule has 0 aliphatic carbocycles. The van der Waals surface area contributed by atoms with Crippen LogP contribution in [0.25, 0.3) is 0 Å². The van der Waals surface area contributed by atoms with Crippen molar-refractivity contribution < 1.29 is 5.11 Å². The van der Waals surface area contributed by atoms with Crippen LogP contribution in [0.15, 0.2) is 35.4 Å². The van der Waals surface area contributed by atoms with Crippen LogP contribution in [-0.2, 0) is 18.7 Å². The smallest absolute Gasteiger partial charge is 0.346 e. The van der Waals surface area contributed by atoms with Crippen LogP contribution in [0.4, 0.5) is 0 Å². The van der Waals surface area contributed by atoms with E-state index in [1.165, 1.54) is 4.68 Å². The first-order chi connectivity index (χ1) is 8.91. The lowest BCUT2D eigenvalue weighted by atomic mass is 10.1. The second kappa shape index (κ2) is 5.01. The predicted octanol–water partition coefficient (Wildman–Crippen LogP) is 1.34. The van der Waals surface area contributed by atoms with Gasteiger partial charge in [-0.05, 0) is 31.9 Å². The molecule has 0 aliphatic heterocycles. The third kappa shape index (κ3) is 2.93. The minimum absolute atomic E-state index is 0.0299. The fourth-order valence-electron chi connectivity index (χ4n) is 1.85. The normalized spacial score (nSPS) is 11.8. The van der Waals surface area contributed by atoms with Crippen molar-refractivity contribution in [2.24, 2.45) is 0 Å². The molecule has 0 spiro atoms. The molecule has 2 rings (SSSR count). The molecule has 1 heterocycles. The average Bonchev–Trinajstić information content (AvgIpc) is 2.72. The lowest BCUT2D eigenvalue weighted by Crippen LogP contribution is -2.35. The van der Waals surface area contributed by atoms with Crippen LogP contribution in [0.3, 0.4) is 0 Å². The molecule has 2 aromatic rings. The number of aliphatic hydroxyl groups excluding tert-OH is 1. The van der Waals surface area contributed by atoms with Gasteiger partial charge in [0.05, 0.1) is 18.7 Å². The van der Waals surface area contributed by atoms with Crippen molar-refractivity contribution in [2.75, 3.05) is 0 Å². The van der Waals surface area contributed by atoms with Crippen molar-refractivity contribution >= 4 is 0 Å². The van der Waals surface area contributed by atoms with Gasteiger partial charge >= 0.3 is 5.69 Å². The highest BCUT2D eigenvalue weighted by molar-refractivity contribution is 5.22. The first-order valence-electron chi connectivity index (χ1n) is 6.25. The van der Waals surface area contributed by atoms with Crippen LogP contribution in [0.1, 0.15) is 31.9 Å². The first-order valence-corrected chi connectivity index (χ1v) is 6.25. The molecule has 0 aliphatic rings. The van der Waals surface area contributed by atoms with Crippen molar-refractivity contribution in [1.82, 2.24) is 14.3 Å². The summed E-state index contributed by atoms with van der Waals surface area (Å²) in [7, 11) is 0. The van der Waals surface area contributed by atoms with Gasteiger partial charge in [0.15, 0.2) is 0 Å². The minimum atomic E-state index is -0.316. The van der Waals surface area contributed by atoms with Crippen molar-refractivity contribution in [1.29, 1.82) is 0 Å². The molecular formula is C14H19N3O2. The zero-order valence-corrected chi connectivity index (χ0v) is 11.5. The van der Waals surface area contributed by atoms with Gasteiger partial charge < -0.3 is 5.11 Å². The van der Waals surface area contributed by atoms with Crippen molar-refractivity contribution in [2.45, 2.75) is 39.5 Å². The molecule has 5 heteroatoms. The van der Waals surface area contributed by atoms with Crippen LogP contribution in [-0.4, -0.2) is 19.5 Å². The predicted molar refractivity (Wildman–Crippen MR) is 72.9 cm³/mol. The number of nitrogens with zero attached hydrogens (tertiary/aromatic N) is 3. The zero-order valence-electron chi connectivity index (χ0n) is 11.5. The highest BCUT2D eigenvalue weighted by Crippen LogP contribution is 2.09. The van der Waals surface area contributed by atoms with Gasteiger partial charge in [0.1, 0.15) is 6.33 Å². The number of hydrogen-bond acceptors (Lipinski definition) is 3. The Morgan fingerprint density at radius 2 is 1.74 bits per heavy atom. The Balaban J connectivity index is 2.24. The standard InChI is InChI=1S/C14H19N3O2/c1-14(2,3)17-13(19)16(10-15-17)8-11-4-6-12(9-18)7-5-11/h4-7,10,18H,8-9H2,1-3H3. The number of benzene rings is 1. The third-order valence-corrected chi connectivity index (χ3v) is 2.93. The molecule has 0 unspecified atom stereocenters. The van der Waals surface area contributed by atoms with Crippen LogP contribution < -0.4 is 5.69 Å². The van der Waals surface area contributed by atoms with E-state index in [0.717, 1.165) is 11.1 Å². The van der Waals surface area contributed by atoms with E-state index < -0.39 is 0 Å². The number of hydrogen-bond donors (Lipinski definition) is 1. The molecule has 19 heavy (non-hydrogen) atoms. The lowest BCUT2D eigenvalue weighted by molar-refractivity contribution is 0.282. The maximum absolute atomic E-state index is 12.2. The Bertz CT molecular complexity index is 603. The fourth-order valence-corrected chi connectivity index (χ4v) is 1.85. The Kier molecular flexibility index (Phi) is 3.57. The summed E-state index contributed by atoms with van der Waals surface area (Å²) in [6, 6.07) is 7.53. The molecule has 0 bridgehead atoms. The van der Waals surface area contributed by atoms with Crippen LogP contribution >= 0.6 is 0 Å². The fraction of sp³-hybridized carbons (Fsp3) is 0.429. The van der Waals surface area contributed by atoms with Gasteiger partial charge in [-0.1, -0.05) is 24.3 Å². The Morgan fingerprint density at radius 3 is 2.21 bits per heavy atom. The second-order valence-corrected chi connectivity index (χ2v) is 5.60. The summed E-state index contributed by atoms with van der Waals surface area (Å²) in [5, 5.41) is 13.1. The molecule has 1 N–H and O–H groups in total. The number of aliphatic hydroxyl groups is 1. The Hall–Kier alpha value is -1.88. The van der Waals surface area contributed by atoms with E-state index in [9.17, 15) is 4.79 Å². The van der Waals surface area contributed by atoms with Gasteiger partial charge in [-0.15, -0.1) is 0 Å². The third-order valence-electron chi connectivity index (χ3n) is 2.93. The van der Waals surface area contributed by atoms with E-state index in [1.54, 1.807) is 10.9 Å². The maximum atomic E-state index is 12.2. The Morgan fingerprint density at radius 1 is 1.16 bits per heavy atom. The monoisotopic (exact) mass is 261 g/mol. The van der Waals surface area contributed by atoms with Gasteiger partial charge in [0, 0.05) is 0 Å². The van der Waals surface area contributed by atoms with E-state index in [0.29, 0.717) is 6.54 Å². The summed E-state index contributed by atoms with van der Waals surface area (Å²) in [5.74, 6) is 0. The molecule has 1 aromatic carbocycles. The van der Waals surface area contributed by atoms with Crippen LogP contribution in [0.5, 0.6) is 0 Å². The zero-order chi connectivity index (χ0) is 14.0. The topological polar surface area (TPSA) is 60.1 Å². The second-order valence-electron chi connectivity index (χ2n) is 5.60. The summed E-state index contributed by atoms with van der Waals surface area (Å²) in [6.45, 7) is 6.36. The molecule has 0 amide bonds. The molecule has 0 saturated heterocycles. The van der Waals surface area contributed by atoms with Crippen molar-refractivity contribution in [3.05, 3.63) is 52.2 Å². The minimum Gasteiger partial charge on any atom is -0.392 e. The summed E-state index contributed by atoms with van der Waals surface area (Å²) in [6.07, 6.45) is 1.56. The molecule has 0 saturated carbocycles. The summed E-state index contributed by atoms with van der Waals surface area (Å²) in [5.41, 5.74) is 1.44. The van der Waals surface area contributed by atoms with Gasteiger partial charge in [-0.25, -0.2) is 9.48 Å². The molecule has 0 fully saturated rings. The van der Waals surface area contributed by atoms with E-state index in [1.807, 2.05) is 45.0 Å². The van der Waals surface area contributed by atoms with E-state index >= 15 is 0 Å². The first kappa shape index (κ1) is 13.5. The SMILES string of the molecule is CC(C)(C)n1ncn(Cc2ccc(CO)cc2)c1=O. The maximum Gasteiger partial charge on any atom is 0.346 e. The number of rotatable bonds is 3. The van der Waals surface area contributed by atoms with Gasteiger partial charge in [0.25, 0.3) is 0 Å². The molecule has 5 nitrogen and oxygen atoms in total. The van der Waals surface area contributed by atoms with Gasteiger partial charge in [-0.2, -0.15) is 5.10 Å². The summed E-state index contributed by atoms with van der Waals surface area (Å²) >= 11 is 0. The number of aromatic nitrogens is 3. The lowest BCUT2D eigenvalue weighted by Gasteiger charge is -2.16. The molecule has 102 valence electrons. The molecular weight excluding hydrogens is 242 g/mol. The Labute approximate surface area is 112 Å². The van der Waals surface area contributed by atoms with Crippen molar-refractivity contribution in [3.8, 4) is 0 Å².